The minimum absolute atomic E-state index is 0.0254. The van der Waals surface area contributed by atoms with Gasteiger partial charge >= 0.3 is 0 Å². The molecule has 4 rings (SSSR count). The van der Waals surface area contributed by atoms with E-state index in [9.17, 15) is 18.0 Å². The Bertz CT molecular complexity index is 1220. The number of methoxy groups -OCH3 is 1. The van der Waals surface area contributed by atoms with Crippen molar-refractivity contribution in [2.75, 3.05) is 7.11 Å². The lowest BCUT2D eigenvalue weighted by Gasteiger charge is -2.38. The molecule has 2 aromatic heterocycles. The number of carbonyl (C=O) groups is 1. The topological polar surface area (TPSA) is 78.1 Å². The Labute approximate surface area is 202 Å². The van der Waals surface area contributed by atoms with Gasteiger partial charge in [0.2, 0.25) is 0 Å². The number of aryl methyl sites for hydroxylation is 1. The van der Waals surface area contributed by atoms with E-state index >= 15 is 0 Å². The van der Waals surface area contributed by atoms with Gasteiger partial charge in [-0.05, 0) is 78.6 Å². The molecular weight excluding hydrogens is 455 g/mol. The summed E-state index contributed by atoms with van der Waals surface area (Å²) in [5.74, 6) is -2.83. The van der Waals surface area contributed by atoms with Crippen molar-refractivity contribution in [2.45, 2.75) is 51.2 Å². The third-order valence-corrected chi connectivity index (χ3v) is 6.76. The third-order valence-electron chi connectivity index (χ3n) is 6.76. The third kappa shape index (κ3) is 5.13. The number of benzene rings is 1. The molecule has 2 heterocycles. The van der Waals surface area contributed by atoms with Crippen molar-refractivity contribution in [1.29, 1.82) is 0 Å². The number of ketones is 1. The van der Waals surface area contributed by atoms with Gasteiger partial charge in [0.05, 0.1) is 11.7 Å². The number of pyridine rings is 2. The van der Waals surface area contributed by atoms with E-state index in [1.807, 2.05) is 6.07 Å². The number of nitrogens with two attached hydrogens (primary N) is 1. The Morgan fingerprint density at radius 2 is 1.83 bits per heavy atom. The molecule has 8 heteroatoms. The Morgan fingerprint density at radius 1 is 1.11 bits per heavy atom. The standard InChI is InChI=1S/C27H28F3N3O2/c1-14-8-20(29)25(21(30)9-14)26-19(28)4-5-23(33-26)24(34)12-17-13-32-7-6-18(17)16-10-15(2)27(35-3)22(31)11-16/h4-9,13,15-16,22,27H,10-12,31H2,1-3H3/t15-,16+,22+,27-/m0/s1. The van der Waals surface area contributed by atoms with E-state index in [-0.39, 0.29) is 36.1 Å². The van der Waals surface area contributed by atoms with Gasteiger partial charge in [-0.3, -0.25) is 9.78 Å². The molecule has 5 nitrogen and oxygen atoms in total. The number of hydrogen-bond acceptors (Lipinski definition) is 5. The van der Waals surface area contributed by atoms with Crippen LogP contribution >= 0.6 is 0 Å². The predicted molar refractivity (Wildman–Crippen MR) is 126 cm³/mol. The minimum atomic E-state index is -0.940. The second-order valence-electron chi connectivity index (χ2n) is 9.31. The highest BCUT2D eigenvalue weighted by atomic mass is 19.1. The largest absolute Gasteiger partial charge is 0.380 e. The summed E-state index contributed by atoms with van der Waals surface area (Å²) in [6.45, 7) is 3.63. The van der Waals surface area contributed by atoms with Crippen LogP contribution in [0.15, 0.2) is 42.7 Å². The van der Waals surface area contributed by atoms with Crippen LogP contribution in [0.5, 0.6) is 0 Å². The van der Waals surface area contributed by atoms with Crippen LogP contribution in [0.1, 0.15) is 52.9 Å². The zero-order valence-electron chi connectivity index (χ0n) is 19.9. The van der Waals surface area contributed by atoms with Gasteiger partial charge in [0.25, 0.3) is 0 Å². The fourth-order valence-electron chi connectivity index (χ4n) is 5.17. The first-order valence-electron chi connectivity index (χ1n) is 11.6. The Hall–Kier alpha value is -3.10. The van der Waals surface area contributed by atoms with Crippen LogP contribution < -0.4 is 5.73 Å². The summed E-state index contributed by atoms with van der Waals surface area (Å²) in [5, 5.41) is 0. The number of aromatic nitrogens is 2. The number of rotatable bonds is 6. The summed E-state index contributed by atoms with van der Waals surface area (Å²) in [6.07, 6.45) is 4.81. The van der Waals surface area contributed by atoms with Crippen LogP contribution in [-0.4, -0.2) is 35.0 Å². The first-order chi connectivity index (χ1) is 16.7. The van der Waals surface area contributed by atoms with Gasteiger partial charge in [-0.1, -0.05) is 6.92 Å². The monoisotopic (exact) mass is 483 g/mol. The maximum absolute atomic E-state index is 14.5. The van der Waals surface area contributed by atoms with Gasteiger partial charge in [0, 0.05) is 32.0 Å². The molecule has 2 N–H and O–H groups in total. The van der Waals surface area contributed by atoms with E-state index in [1.165, 1.54) is 13.0 Å². The molecule has 0 amide bonds. The maximum atomic E-state index is 14.5. The molecule has 1 saturated carbocycles. The Kier molecular flexibility index (Phi) is 7.33. The SMILES string of the molecule is CO[C@@H]1[C@H](N)C[C@H](c2ccncc2CC(=O)c2ccc(F)c(-c3c(F)cc(C)cc3F)n2)C[C@@H]1C. The molecule has 1 aliphatic carbocycles. The molecule has 0 spiro atoms. The number of hydrogen-bond donors (Lipinski definition) is 1. The van der Waals surface area contributed by atoms with E-state index in [0.717, 1.165) is 35.7 Å². The molecule has 1 aliphatic rings. The molecule has 3 aromatic rings. The Morgan fingerprint density at radius 3 is 2.49 bits per heavy atom. The molecule has 0 aliphatic heterocycles. The molecule has 184 valence electrons. The molecule has 0 bridgehead atoms. The van der Waals surface area contributed by atoms with Crippen molar-refractivity contribution in [3.63, 3.8) is 0 Å². The highest BCUT2D eigenvalue weighted by Crippen LogP contribution is 2.38. The van der Waals surface area contributed by atoms with Crippen LogP contribution in [0, 0.1) is 30.3 Å². The van der Waals surface area contributed by atoms with Crippen molar-refractivity contribution in [1.82, 2.24) is 9.97 Å². The quantitative estimate of drug-likeness (QED) is 0.491. The average molecular weight is 484 g/mol. The normalized spacial score (nSPS) is 22.3. The molecule has 1 aromatic carbocycles. The van der Waals surface area contributed by atoms with Crippen molar-refractivity contribution in [2.24, 2.45) is 11.7 Å². The number of Topliss-reactive ketones (excluding diaryl/α,β-unsaturated/α-hetero) is 1. The van der Waals surface area contributed by atoms with Gasteiger partial charge in [0.1, 0.15) is 28.8 Å². The fraction of sp³-hybridized carbons (Fsp3) is 0.370. The van der Waals surface area contributed by atoms with Crippen molar-refractivity contribution < 1.29 is 22.7 Å². The van der Waals surface area contributed by atoms with E-state index in [2.05, 4.69) is 16.9 Å². The maximum Gasteiger partial charge on any atom is 0.185 e. The lowest BCUT2D eigenvalue weighted by molar-refractivity contribution is 0.00970. The van der Waals surface area contributed by atoms with Gasteiger partial charge in [-0.2, -0.15) is 0 Å². The number of halogens is 3. The zero-order chi connectivity index (χ0) is 25.3. The second kappa shape index (κ2) is 10.3. The smallest absolute Gasteiger partial charge is 0.185 e. The van der Waals surface area contributed by atoms with Gasteiger partial charge in [-0.25, -0.2) is 18.2 Å². The van der Waals surface area contributed by atoms with Gasteiger partial charge < -0.3 is 10.5 Å². The van der Waals surface area contributed by atoms with Crippen LogP contribution in [0.3, 0.4) is 0 Å². The summed E-state index contributed by atoms with van der Waals surface area (Å²) in [6, 6.07) is 6.18. The summed E-state index contributed by atoms with van der Waals surface area (Å²) in [5.41, 5.74) is 7.20. The second-order valence-corrected chi connectivity index (χ2v) is 9.31. The molecule has 0 unspecified atom stereocenters. The van der Waals surface area contributed by atoms with E-state index in [0.29, 0.717) is 12.0 Å². The molecule has 4 atom stereocenters. The molecule has 0 radical (unpaired) electrons. The van der Waals surface area contributed by atoms with Crippen molar-refractivity contribution in [3.8, 4) is 11.3 Å². The number of ether oxygens (including phenoxy) is 1. The molecule has 35 heavy (non-hydrogen) atoms. The van der Waals surface area contributed by atoms with Crippen LogP contribution in [-0.2, 0) is 11.2 Å². The van der Waals surface area contributed by atoms with Crippen molar-refractivity contribution in [3.05, 3.63) is 82.6 Å². The number of carbonyl (C=O) groups excluding carboxylic acids is 1. The predicted octanol–water partition coefficient (Wildman–Crippen LogP) is 5.15. The summed E-state index contributed by atoms with van der Waals surface area (Å²) in [7, 11) is 1.66. The summed E-state index contributed by atoms with van der Waals surface area (Å²) < 4.78 is 49.0. The van der Waals surface area contributed by atoms with E-state index < -0.39 is 34.5 Å². The fourth-order valence-corrected chi connectivity index (χ4v) is 5.17. The lowest BCUT2D eigenvalue weighted by Crippen LogP contribution is -2.45. The zero-order valence-corrected chi connectivity index (χ0v) is 19.9. The van der Waals surface area contributed by atoms with E-state index in [4.69, 9.17) is 10.5 Å². The molecule has 1 fully saturated rings. The average Bonchev–Trinajstić information content (AvgIpc) is 2.79. The van der Waals surface area contributed by atoms with Crippen LogP contribution in [0.4, 0.5) is 13.2 Å². The molecule has 0 saturated heterocycles. The van der Waals surface area contributed by atoms with Crippen molar-refractivity contribution >= 4 is 5.78 Å². The minimum Gasteiger partial charge on any atom is -0.380 e. The number of nitrogens with zero attached hydrogens (tertiary/aromatic N) is 2. The van der Waals surface area contributed by atoms with E-state index in [1.54, 1.807) is 19.5 Å². The lowest BCUT2D eigenvalue weighted by atomic mass is 9.73. The Balaban J connectivity index is 1.62. The first kappa shape index (κ1) is 25.0. The molecular formula is C27H28F3N3O2. The highest BCUT2D eigenvalue weighted by Gasteiger charge is 2.35. The highest BCUT2D eigenvalue weighted by molar-refractivity contribution is 5.96. The van der Waals surface area contributed by atoms with Gasteiger partial charge in [-0.15, -0.1) is 0 Å². The van der Waals surface area contributed by atoms with Crippen LogP contribution in [0.2, 0.25) is 0 Å². The first-order valence-corrected chi connectivity index (χ1v) is 11.6. The summed E-state index contributed by atoms with van der Waals surface area (Å²) >= 11 is 0. The summed E-state index contributed by atoms with van der Waals surface area (Å²) in [4.78, 5) is 21.3. The van der Waals surface area contributed by atoms with Gasteiger partial charge in [0.15, 0.2) is 5.78 Å². The van der Waals surface area contributed by atoms with Crippen LogP contribution in [0.25, 0.3) is 11.3 Å².